The van der Waals surface area contributed by atoms with E-state index in [4.69, 9.17) is 11.6 Å². The maximum absolute atomic E-state index is 11.3. The van der Waals surface area contributed by atoms with Gasteiger partial charge in [0.15, 0.2) is 0 Å². The summed E-state index contributed by atoms with van der Waals surface area (Å²) in [5.74, 6) is 0. The van der Waals surface area contributed by atoms with Gasteiger partial charge in [0.25, 0.3) is 0 Å². The third kappa shape index (κ3) is 4.23. The normalized spacial score (nSPS) is 9.69. The van der Waals surface area contributed by atoms with Gasteiger partial charge in [0.2, 0.25) is 21.7 Å². The average molecular weight is 409 g/mol. The number of rotatable bonds is 3. The molecule has 0 saturated heterocycles. The lowest BCUT2D eigenvalue weighted by molar-refractivity contribution is 1.38. The van der Waals surface area contributed by atoms with E-state index in [-0.39, 0.29) is 19.9 Å². The molecule has 4 nitrogen and oxygen atoms in total. The van der Waals surface area contributed by atoms with E-state index in [1.807, 2.05) is 36.4 Å². The van der Waals surface area contributed by atoms with Gasteiger partial charge >= 0.3 is 0 Å². The average Bonchev–Trinajstić information content (AvgIpc) is 2.72. The zero-order valence-corrected chi connectivity index (χ0v) is 14.8. The Morgan fingerprint density at radius 1 is 0.621 bits per heavy atom. The molecule has 148 valence electrons. The highest BCUT2D eigenvalue weighted by atomic mass is 35.5. The molecule has 4 aromatic carbocycles. The zero-order chi connectivity index (χ0) is 19.6. The molecule has 4 aromatic rings. The lowest BCUT2D eigenvalue weighted by Gasteiger charge is -2.06. The Morgan fingerprint density at radius 3 is 1.45 bits per heavy atom. The minimum absolute atomic E-state index is 0. The fraction of sp³-hybridized carbons (Fsp3) is 0.0833. The molecule has 0 fully saturated rings. The molecular weight excluding hydrogens is 388 g/mol. The molecule has 0 aliphatic rings. The van der Waals surface area contributed by atoms with E-state index in [9.17, 15) is 19.2 Å². The molecule has 0 bridgehead atoms. The van der Waals surface area contributed by atoms with Crippen LogP contribution in [-0.2, 0) is 0 Å². The van der Waals surface area contributed by atoms with Crippen LogP contribution >= 0.6 is 11.6 Å². The Hall–Kier alpha value is -3.37. The molecule has 0 spiro atoms. The van der Waals surface area contributed by atoms with Crippen molar-refractivity contribution < 1.29 is 0 Å². The first-order chi connectivity index (χ1) is 13.0. The van der Waals surface area contributed by atoms with Crippen molar-refractivity contribution in [1.82, 2.24) is 0 Å². The standard InChI is InChI=1S/C12H8O2.C10H5ClO2.2CH4/c1-2-9-10(12(14)11(9)13)8-6-4-3-5-7-8;11-8-7(9(12)10(8)13)6-4-2-1-3-5-6;;/h2-7H,1H2;1-5H;2*1H4. The Bertz CT molecular complexity index is 1250. The molecule has 0 aliphatic heterocycles. The van der Waals surface area contributed by atoms with Crippen molar-refractivity contribution in [3.05, 3.63) is 119 Å². The van der Waals surface area contributed by atoms with Crippen LogP contribution in [0.4, 0.5) is 0 Å². The predicted molar refractivity (Wildman–Crippen MR) is 122 cm³/mol. The quantitative estimate of drug-likeness (QED) is 0.469. The smallest absolute Gasteiger partial charge is 0.245 e. The van der Waals surface area contributed by atoms with Crippen molar-refractivity contribution in [2.45, 2.75) is 14.9 Å². The highest BCUT2D eigenvalue weighted by Crippen LogP contribution is 2.22. The molecule has 0 unspecified atom stereocenters. The van der Waals surface area contributed by atoms with Crippen LogP contribution in [0.2, 0.25) is 5.02 Å². The molecule has 5 heteroatoms. The largest absolute Gasteiger partial charge is 0.285 e. The predicted octanol–water partition coefficient (Wildman–Crippen LogP) is 4.47. The molecule has 4 rings (SSSR count). The molecule has 0 aromatic heterocycles. The maximum Gasteiger partial charge on any atom is 0.245 e. The number of benzene rings is 2. The molecule has 0 heterocycles. The monoisotopic (exact) mass is 408 g/mol. The zero-order valence-electron chi connectivity index (χ0n) is 14.1. The molecule has 0 aliphatic carbocycles. The minimum Gasteiger partial charge on any atom is -0.285 e. The van der Waals surface area contributed by atoms with E-state index in [2.05, 4.69) is 6.58 Å². The van der Waals surface area contributed by atoms with Crippen molar-refractivity contribution in [3.8, 4) is 22.3 Å². The van der Waals surface area contributed by atoms with Gasteiger partial charge in [-0.05, 0) is 11.1 Å². The lowest BCUT2D eigenvalue weighted by atomic mass is 9.94. The summed E-state index contributed by atoms with van der Waals surface area (Å²) in [6, 6.07) is 18.1. The summed E-state index contributed by atoms with van der Waals surface area (Å²) in [4.78, 5) is 44.3. The summed E-state index contributed by atoms with van der Waals surface area (Å²) in [6.07, 6.45) is 1.44. The van der Waals surface area contributed by atoms with Gasteiger partial charge in [0.05, 0.1) is 5.56 Å². The van der Waals surface area contributed by atoms with Crippen LogP contribution in [0.25, 0.3) is 28.3 Å². The topological polar surface area (TPSA) is 68.3 Å². The molecule has 0 amide bonds. The highest BCUT2D eigenvalue weighted by Gasteiger charge is 2.20. The number of hydrogen-bond donors (Lipinski definition) is 0. The molecule has 0 saturated carbocycles. The third-order valence-corrected chi connectivity index (χ3v) is 4.49. The van der Waals surface area contributed by atoms with Gasteiger partial charge in [-0.2, -0.15) is 0 Å². The summed E-state index contributed by atoms with van der Waals surface area (Å²) >= 11 is 5.60. The first kappa shape index (κ1) is 23.7. The van der Waals surface area contributed by atoms with E-state index in [0.29, 0.717) is 22.3 Å². The van der Waals surface area contributed by atoms with Crippen LogP contribution in [0.3, 0.4) is 0 Å². The van der Waals surface area contributed by atoms with Crippen LogP contribution in [0.1, 0.15) is 20.4 Å². The van der Waals surface area contributed by atoms with Gasteiger partial charge < -0.3 is 0 Å². The van der Waals surface area contributed by atoms with Gasteiger partial charge in [-0.15, -0.1) is 0 Å². The summed E-state index contributed by atoms with van der Waals surface area (Å²) in [5, 5.41) is 0.0520. The molecule has 29 heavy (non-hydrogen) atoms. The van der Waals surface area contributed by atoms with E-state index in [0.717, 1.165) is 5.56 Å². The Labute approximate surface area is 173 Å². The fourth-order valence-corrected chi connectivity index (χ4v) is 3.00. The van der Waals surface area contributed by atoms with Crippen molar-refractivity contribution in [2.24, 2.45) is 0 Å². The number of hydrogen-bond acceptors (Lipinski definition) is 4. The highest BCUT2D eigenvalue weighted by molar-refractivity contribution is 6.34. The second-order valence-corrected chi connectivity index (χ2v) is 6.11. The van der Waals surface area contributed by atoms with E-state index in [1.165, 1.54) is 6.08 Å². The number of halogens is 1. The van der Waals surface area contributed by atoms with E-state index < -0.39 is 21.7 Å². The third-order valence-electron chi connectivity index (χ3n) is 4.13. The Kier molecular flexibility index (Phi) is 7.93. The van der Waals surface area contributed by atoms with Crippen LogP contribution in [0.5, 0.6) is 0 Å². The second-order valence-electron chi connectivity index (χ2n) is 5.73. The Morgan fingerprint density at radius 2 is 1.03 bits per heavy atom. The van der Waals surface area contributed by atoms with E-state index >= 15 is 0 Å². The fourth-order valence-electron chi connectivity index (χ4n) is 2.72. The van der Waals surface area contributed by atoms with Gasteiger partial charge in [0.1, 0.15) is 5.02 Å². The summed E-state index contributed by atoms with van der Waals surface area (Å²) in [6.45, 7) is 3.51. The van der Waals surface area contributed by atoms with Crippen LogP contribution in [0.15, 0.2) is 86.4 Å². The first-order valence-electron chi connectivity index (χ1n) is 8.02. The summed E-state index contributed by atoms with van der Waals surface area (Å²) < 4.78 is 0. The summed E-state index contributed by atoms with van der Waals surface area (Å²) in [7, 11) is 0. The van der Waals surface area contributed by atoms with Crippen LogP contribution < -0.4 is 21.7 Å². The van der Waals surface area contributed by atoms with Crippen LogP contribution in [-0.4, -0.2) is 0 Å². The van der Waals surface area contributed by atoms with Gasteiger partial charge in [-0.25, -0.2) is 0 Å². The molecule has 0 N–H and O–H groups in total. The second kappa shape index (κ2) is 9.71. The maximum atomic E-state index is 11.3. The molecular formula is C24H21ClO4. The van der Waals surface area contributed by atoms with Crippen molar-refractivity contribution >= 4 is 17.7 Å². The van der Waals surface area contributed by atoms with Crippen LogP contribution in [0, 0.1) is 0 Å². The van der Waals surface area contributed by atoms with E-state index in [1.54, 1.807) is 24.3 Å². The van der Waals surface area contributed by atoms with Crippen molar-refractivity contribution in [1.29, 1.82) is 0 Å². The van der Waals surface area contributed by atoms with Gasteiger partial charge in [-0.3, -0.25) is 19.2 Å². The van der Waals surface area contributed by atoms with Crippen molar-refractivity contribution in [3.63, 3.8) is 0 Å². The molecule has 0 radical (unpaired) electrons. The summed E-state index contributed by atoms with van der Waals surface area (Å²) in [5.41, 5.74) is 0.838. The van der Waals surface area contributed by atoms with Gasteiger partial charge in [-0.1, -0.05) is 99.8 Å². The lowest BCUT2D eigenvalue weighted by Crippen LogP contribution is -2.35. The minimum atomic E-state index is -0.583. The Balaban J connectivity index is 0.000000272. The SMILES string of the molecule is C.C.C=Cc1c(-c2ccccc2)c(=O)c1=O.O=c1c(Cl)c(-c2ccccc2)c1=O. The van der Waals surface area contributed by atoms with Gasteiger partial charge in [0, 0.05) is 11.1 Å². The van der Waals surface area contributed by atoms with Crippen molar-refractivity contribution in [2.75, 3.05) is 0 Å². The molecule has 0 atom stereocenters. The first-order valence-corrected chi connectivity index (χ1v) is 8.40.